The molecule has 6 heteroatoms. The number of benzene rings is 1. The molecular formula is C11H9F2N3O. The van der Waals surface area contributed by atoms with Crippen molar-refractivity contribution in [1.29, 1.82) is 0 Å². The van der Waals surface area contributed by atoms with Gasteiger partial charge in [0.25, 0.3) is 0 Å². The summed E-state index contributed by atoms with van der Waals surface area (Å²) in [5, 5.41) is 6.64. The third-order valence-electron chi connectivity index (χ3n) is 2.23. The Balaban J connectivity index is 2.39. The van der Waals surface area contributed by atoms with Crippen LogP contribution in [0.4, 0.5) is 14.5 Å². The number of rotatable bonds is 3. The minimum absolute atomic E-state index is 0.316. The van der Waals surface area contributed by atoms with Gasteiger partial charge in [-0.15, -0.1) is 0 Å². The van der Waals surface area contributed by atoms with Gasteiger partial charge in [0.15, 0.2) is 0 Å². The molecule has 0 unspecified atom stereocenters. The van der Waals surface area contributed by atoms with Crippen LogP contribution >= 0.6 is 0 Å². The lowest BCUT2D eigenvalue weighted by Gasteiger charge is -2.03. The number of aromatic nitrogens is 2. The molecule has 1 N–H and O–H groups in total. The first-order valence-corrected chi connectivity index (χ1v) is 4.80. The molecule has 0 aliphatic heterocycles. The molecule has 17 heavy (non-hydrogen) atoms. The second kappa shape index (κ2) is 4.32. The molecule has 1 amide bonds. The molecule has 0 saturated carbocycles. The van der Waals surface area contributed by atoms with Crippen LogP contribution in [0.2, 0.25) is 0 Å². The van der Waals surface area contributed by atoms with Crippen LogP contribution in [0.3, 0.4) is 0 Å². The predicted octanol–water partition coefficient (Wildman–Crippen LogP) is 2.56. The highest BCUT2D eigenvalue weighted by Crippen LogP contribution is 2.22. The molecule has 2 rings (SSSR count). The lowest BCUT2D eigenvalue weighted by Crippen LogP contribution is -2.07. The average Bonchev–Trinajstić information content (AvgIpc) is 2.71. The summed E-state index contributed by atoms with van der Waals surface area (Å²) in [5.41, 5.74) is 0.827. The first kappa shape index (κ1) is 11.3. The Hall–Kier alpha value is -2.24. The molecule has 1 aromatic carbocycles. The molecule has 88 valence electrons. The summed E-state index contributed by atoms with van der Waals surface area (Å²) >= 11 is 0. The number of amides is 1. The van der Waals surface area contributed by atoms with Crippen LogP contribution < -0.4 is 5.32 Å². The van der Waals surface area contributed by atoms with Crippen LogP contribution in [-0.4, -0.2) is 15.7 Å². The zero-order chi connectivity index (χ0) is 12.4. The molecule has 2 aromatic rings. The van der Waals surface area contributed by atoms with E-state index in [-0.39, 0.29) is 5.91 Å². The second-order valence-electron chi connectivity index (χ2n) is 3.33. The van der Waals surface area contributed by atoms with Crippen molar-refractivity contribution in [3.05, 3.63) is 37.1 Å². The predicted molar refractivity (Wildman–Crippen MR) is 59.8 cm³/mol. The number of anilines is 1. The van der Waals surface area contributed by atoms with Crippen LogP contribution in [0.1, 0.15) is 6.55 Å². The maximum absolute atomic E-state index is 12.5. The summed E-state index contributed by atoms with van der Waals surface area (Å²) in [6, 6.07) is 4.58. The number of nitrogens with zero attached hydrogens (tertiary/aromatic N) is 2. The number of hydrogen-bond donors (Lipinski definition) is 1. The normalized spacial score (nSPS) is 10.8. The van der Waals surface area contributed by atoms with Crippen LogP contribution in [0.5, 0.6) is 0 Å². The third kappa shape index (κ3) is 2.15. The third-order valence-corrected chi connectivity index (χ3v) is 2.23. The number of carbonyl (C=O) groups excluding carboxylic acids is 1. The van der Waals surface area contributed by atoms with Gasteiger partial charge in [-0.3, -0.25) is 4.79 Å². The summed E-state index contributed by atoms with van der Waals surface area (Å²) in [4.78, 5) is 11.1. The molecule has 0 saturated heterocycles. The van der Waals surface area contributed by atoms with Gasteiger partial charge in [-0.2, -0.15) is 13.9 Å². The smallest absolute Gasteiger partial charge is 0.323 e. The lowest BCUT2D eigenvalue weighted by atomic mass is 10.2. The van der Waals surface area contributed by atoms with Gasteiger partial charge in [-0.1, -0.05) is 6.58 Å². The molecule has 0 fully saturated rings. The number of fused-ring (bicyclic) bond motifs is 1. The van der Waals surface area contributed by atoms with Crippen molar-refractivity contribution in [1.82, 2.24) is 9.78 Å². The molecule has 0 atom stereocenters. The largest absolute Gasteiger partial charge is 0.333 e. The highest BCUT2D eigenvalue weighted by atomic mass is 19.3. The highest BCUT2D eigenvalue weighted by molar-refractivity contribution is 6.00. The lowest BCUT2D eigenvalue weighted by molar-refractivity contribution is -0.111. The first-order chi connectivity index (χ1) is 8.11. The quantitative estimate of drug-likeness (QED) is 0.834. The second-order valence-corrected chi connectivity index (χ2v) is 3.33. The highest BCUT2D eigenvalue weighted by Gasteiger charge is 2.11. The van der Waals surface area contributed by atoms with Crippen LogP contribution in [0.15, 0.2) is 37.1 Å². The maximum Gasteiger partial charge on any atom is 0.333 e. The van der Waals surface area contributed by atoms with Crippen molar-refractivity contribution < 1.29 is 13.6 Å². The summed E-state index contributed by atoms with van der Waals surface area (Å²) in [5.74, 6) is -0.356. The Bertz CT molecular complexity index is 577. The van der Waals surface area contributed by atoms with Crippen LogP contribution in [0, 0.1) is 0 Å². The molecule has 0 aliphatic carbocycles. The minimum Gasteiger partial charge on any atom is -0.323 e. The molecule has 0 bridgehead atoms. The standard InChI is InChI=1S/C11H9F2N3O/c1-2-10(17)15-8-3-4-9-7(5-8)6-14-16(9)11(12)13/h2-6,11H,1H2,(H,15,17). The van der Waals surface area contributed by atoms with E-state index in [0.29, 0.717) is 21.3 Å². The van der Waals surface area contributed by atoms with Crippen molar-refractivity contribution in [2.24, 2.45) is 0 Å². The summed E-state index contributed by atoms with van der Waals surface area (Å²) in [6.07, 6.45) is 2.46. The molecule has 0 spiro atoms. The minimum atomic E-state index is -2.68. The summed E-state index contributed by atoms with van der Waals surface area (Å²) in [7, 11) is 0. The summed E-state index contributed by atoms with van der Waals surface area (Å²) < 4.78 is 25.6. The SMILES string of the molecule is C=CC(=O)Nc1ccc2c(cnn2C(F)F)c1. The van der Waals surface area contributed by atoms with Gasteiger partial charge in [0.2, 0.25) is 5.91 Å². The van der Waals surface area contributed by atoms with Gasteiger partial charge >= 0.3 is 6.55 Å². The Morgan fingerprint density at radius 3 is 2.94 bits per heavy atom. The van der Waals surface area contributed by atoms with E-state index in [1.54, 1.807) is 6.07 Å². The van der Waals surface area contributed by atoms with E-state index in [0.717, 1.165) is 6.08 Å². The fourth-order valence-corrected chi connectivity index (χ4v) is 1.48. The topological polar surface area (TPSA) is 46.9 Å². The average molecular weight is 237 g/mol. The number of halogens is 2. The van der Waals surface area contributed by atoms with Crippen molar-refractivity contribution in [2.75, 3.05) is 5.32 Å². The monoisotopic (exact) mass is 237 g/mol. The van der Waals surface area contributed by atoms with Gasteiger partial charge in [-0.25, -0.2) is 4.68 Å². The first-order valence-electron chi connectivity index (χ1n) is 4.80. The van der Waals surface area contributed by atoms with Gasteiger partial charge in [0.05, 0.1) is 11.7 Å². The fourth-order valence-electron chi connectivity index (χ4n) is 1.48. The van der Waals surface area contributed by atoms with Gasteiger partial charge < -0.3 is 5.32 Å². The number of nitrogens with one attached hydrogen (secondary N) is 1. The molecule has 1 heterocycles. The number of carbonyl (C=O) groups is 1. The number of alkyl halides is 2. The van der Waals surface area contributed by atoms with E-state index in [1.165, 1.54) is 18.3 Å². The summed E-state index contributed by atoms with van der Waals surface area (Å²) in [6.45, 7) is 0.639. The Morgan fingerprint density at radius 1 is 1.53 bits per heavy atom. The van der Waals surface area contributed by atoms with Crippen molar-refractivity contribution in [2.45, 2.75) is 6.55 Å². The van der Waals surface area contributed by atoms with E-state index in [2.05, 4.69) is 17.0 Å². The molecule has 0 radical (unpaired) electrons. The fraction of sp³-hybridized carbons (Fsp3) is 0.0909. The Kier molecular flexibility index (Phi) is 2.86. The molecule has 4 nitrogen and oxygen atoms in total. The van der Waals surface area contributed by atoms with Gasteiger partial charge in [0, 0.05) is 11.1 Å². The zero-order valence-electron chi connectivity index (χ0n) is 8.73. The maximum atomic E-state index is 12.5. The Morgan fingerprint density at radius 2 is 2.29 bits per heavy atom. The molecular weight excluding hydrogens is 228 g/mol. The van der Waals surface area contributed by atoms with E-state index in [1.807, 2.05) is 0 Å². The zero-order valence-corrected chi connectivity index (χ0v) is 8.73. The van der Waals surface area contributed by atoms with E-state index < -0.39 is 6.55 Å². The van der Waals surface area contributed by atoms with Gasteiger partial charge in [-0.05, 0) is 24.3 Å². The molecule has 1 aromatic heterocycles. The van der Waals surface area contributed by atoms with E-state index >= 15 is 0 Å². The number of hydrogen-bond acceptors (Lipinski definition) is 2. The van der Waals surface area contributed by atoms with Crippen molar-refractivity contribution in [3.63, 3.8) is 0 Å². The van der Waals surface area contributed by atoms with Crippen LogP contribution in [-0.2, 0) is 4.79 Å². The van der Waals surface area contributed by atoms with Crippen molar-refractivity contribution >= 4 is 22.5 Å². The Labute approximate surface area is 95.5 Å². The van der Waals surface area contributed by atoms with Gasteiger partial charge in [0.1, 0.15) is 0 Å². The van der Waals surface area contributed by atoms with Crippen molar-refractivity contribution in [3.8, 4) is 0 Å². The van der Waals surface area contributed by atoms with Crippen LogP contribution in [0.25, 0.3) is 10.9 Å². The molecule has 0 aliphatic rings. The van der Waals surface area contributed by atoms with E-state index in [4.69, 9.17) is 0 Å². The van der Waals surface area contributed by atoms with E-state index in [9.17, 15) is 13.6 Å².